The van der Waals surface area contributed by atoms with E-state index >= 15 is 0 Å². The molecule has 2 aliphatic rings. The molecule has 0 aliphatic carbocycles. The molecule has 3 nitrogen and oxygen atoms in total. The summed E-state index contributed by atoms with van der Waals surface area (Å²) in [6.07, 6.45) is 6.45. The second-order valence-electron chi connectivity index (χ2n) is 5.84. The second kappa shape index (κ2) is 5.55. The molecule has 4 heteroatoms. The Morgan fingerprint density at radius 2 is 2.26 bits per heavy atom. The van der Waals surface area contributed by atoms with Gasteiger partial charge in [0.2, 0.25) is 0 Å². The number of nitrogens with zero attached hydrogens (tertiary/aromatic N) is 2. The van der Waals surface area contributed by atoms with Crippen LogP contribution in [0.5, 0.6) is 0 Å². The third kappa shape index (κ3) is 2.95. The van der Waals surface area contributed by atoms with E-state index in [1.165, 1.54) is 51.0 Å². The smallest absolute Gasteiger partial charge is 0.141 e. The van der Waals surface area contributed by atoms with Gasteiger partial charge in [-0.25, -0.2) is 4.39 Å². The molecule has 0 bridgehead atoms. The lowest BCUT2D eigenvalue weighted by Gasteiger charge is -2.36. The van der Waals surface area contributed by atoms with E-state index in [-0.39, 0.29) is 11.9 Å². The summed E-state index contributed by atoms with van der Waals surface area (Å²) in [6, 6.07) is 4.80. The van der Waals surface area contributed by atoms with E-state index in [1.807, 2.05) is 0 Å². The van der Waals surface area contributed by atoms with Crippen molar-refractivity contribution in [3.05, 3.63) is 29.8 Å². The van der Waals surface area contributed by atoms with Crippen molar-refractivity contribution in [1.82, 2.24) is 15.2 Å². The van der Waals surface area contributed by atoms with Gasteiger partial charge in [-0.2, -0.15) is 0 Å². The van der Waals surface area contributed by atoms with Crippen molar-refractivity contribution < 1.29 is 4.39 Å². The van der Waals surface area contributed by atoms with Gasteiger partial charge in [-0.05, 0) is 57.8 Å². The molecule has 3 heterocycles. The maximum absolute atomic E-state index is 12.9. The minimum absolute atomic E-state index is 0.193. The summed E-state index contributed by atoms with van der Waals surface area (Å²) in [5.74, 6) is -0.268. The van der Waals surface area contributed by atoms with Crippen molar-refractivity contribution in [2.24, 2.45) is 0 Å². The van der Waals surface area contributed by atoms with Crippen LogP contribution >= 0.6 is 0 Å². The monoisotopic (exact) mass is 263 g/mol. The minimum atomic E-state index is -0.268. The highest BCUT2D eigenvalue weighted by Gasteiger charge is 2.32. The zero-order chi connectivity index (χ0) is 13.2. The van der Waals surface area contributed by atoms with Crippen LogP contribution in [-0.4, -0.2) is 35.1 Å². The molecular weight excluding hydrogens is 241 g/mol. The van der Waals surface area contributed by atoms with E-state index in [9.17, 15) is 4.39 Å². The van der Waals surface area contributed by atoms with Crippen LogP contribution < -0.4 is 5.32 Å². The molecule has 0 aromatic carbocycles. The Labute approximate surface area is 114 Å². The van der Waals surface area contributed by atoms with E-state index in [4.69, 9.17) is 0 Å². The predicted octanol–water partition coefficient (Wildman–Crippen LogP) is 2.50. The van der Waals surface area contributed by atoms with Crippen LogP contribution in [0, 0.1) is 5.82 Å². The van der Waals surface area contributed by atoms with E-state index in [2.05, 4.69) is 22.1 Å². The molecule has 2 fully saturated rings. The van der Waals surface area contributed by atoms with Crippen LogP contribution in [0.25, 0.3) is 0 Å². The number of halogens is 1. The third-order valence-electron chi connectivity index (χ3n) is 4.50. The lowest BCUT2D eigenvalue weighted by atomic mass is 9.96. The SMILES string of the molecule is CC(NC1CCN2CCCC2C1)c1ccc(F)cn1. The van der Waals surface area contributed by atoms with Gasteiger partial charge >= 0.3 is 0 Å². The first-order chi connectivity index (χ1) is 9.22. The maximum atomic E-state index is 12.9. The van der Waals surface area contributed by atoms with Crippen LogP contribution in [0.4, 0.5) is 4.39 Å². The first-order valence-corrected chi connectivity index (χ1v) is 7.34. The van der Waals surface area contributed by atoms with Crippen LogP contribution in [0.1, 0.15) is 44.3 Å². The largest absolute Gasteiger partial charge is 0.306 e. The lowest BCUT2D eigenvalue weighted by Crippen LogP contribution is -2.46. The molecule has 0 amide bonds. The van der Waals surface area contributed by atoms with Crippen LogP contribution in [0.15, 0.2) is 18.3 Å². The van der Waals surface area contributed by atoms with Gasteiger partial charge < -0.3 is 10.2 Å². The molecule has 1 aromatic heterocycles. The highest BCUT2D eigenvalue weighted by molar-refractivity contribution is 5.09. The molecule has 3 rings (SSSR count). The van der Waals surface area contributed by atoms with Gasteiger partial charge in [0.25, 0.3) is 0 Å². The summed E-state index contributed by atoms with van der Waals surface area (Å²) in [6.45, 7) is 4.61. The number of rotatable bonds is 3. The zero-order valence-corrected chi connectivity index (χ0v) is 11.5. The lowest BCUT2D eigenvalue weighted by molar-refractivity contribution is 0.162. The molecule has 1 aromatic rings. The number of aromatic nitrogens is 1. The van der Waals surface area contributed by atoms with Gasteiger partial charge in [-0.15, -0.1) is 0 Å². The number of hydrogen-bond donors (Lipinski definition) is 1. The van der Waals surface area contributed by atoms with Crippen molar-refractivity contribution in [2.45, 2.75) is 50.7 Å². The molecule has 1 N–H and O–H groups in total. The molecule has 0 spiro atoms. The Morgan fingerprint density at radius 1 is 1.37 bits per heavy atom. The topological polar surface area (TPSA) is 28.2 Å². The summed E-state index contributed by atoms with van der Waals surface area (Å²) >= 11 is 0. The van der Waals surface area contributed by atoms with E-state index in [1.54, 1.807) is 6.07 Å². The average Bonchev–Trinajstić information content (AvgIpc) is 2.87. The fourth-order valence-corrected chi connectivity index (χ4v) is 3.46. The van der Waals surface area contributed by atoms with Crippen LogP contribution in [0.3, 0.4) is 0 Å². The zero-order valence-electron chi connectivity index (χ0n) is 11.5. The van der Waals surface area contributed by atoms with Gasteiger partial charge in [0.05, 0.1) is 11.9 Å². The van der Waals surface area contributed by atoms with Gasteiger partial charge in [0.1, 0.15) is 5.82 Å². The summed E-state index contributed by atoms with van der Waals surface area (Å²) in [4.78, 5) is 6.79. The molecule has 3 unspecified atom stereocenters. The Hall–Kier alpha value is -1.00. The second-order valence-corrected chi connectivity index (χ2v) is 5.84. The van der Waals surface area contributed by atoms with Crippen molar-refractivity contribution >= 4 is 0 Å². The van der Waals surface area contributed by atoms with Crippen molar-refractivity contribution in [3.8, 4) is 0 Å². The number of piperidine rings is 1. The van der Waals surface area contributed by atoms with Gasteiger partial charge in [0, 0.05) is 18.1 Å². The summed E-state index contributed by atoms with van der Waals surface area (Å²) in [5.41, 5.74) is 0.926. The third-order valence-corrected chi connectivity index (χ3v) is 4.50. The summed E-state index contributed by atoms with van der Waals surface area (Å²) in [7, 11) is 0. The van der Waals surface area contributed by atoms with E-state index in [0.29, 0.717) is 6.04 Å². The van der Waals surface area contributed by atoms with Crippen LogP contribution in [0.2, 0.25) is 0 Å². The quantitative estimate of drug-likeness (QED) is 0.908. The van der Waals surface area contributed by atoms with E-state index < -0.39 is 0 Å². The molecular formula is C15H22FN3. The summed E-state index contributed by atoms with van der Waals surface area (Å²) in [5, 5.41) is 3.66. The number of hydrogen-bond acceptors (Lipinski definition) is 3. The molecule has 2 saturated heterocycles. The predicted molar refractivity (Wildman–Crippen MR) is 73.4 cm³/mol. The van der Waals surface area contributed by atoms with Crippen LogP contribution in [-0.2, 0) is 0 Å². The number of pyridine rings is 1. The Balaban J connectivity index is 1.57. The van der Waals surface area contributed by atoms with Gasteiger partial charge in [-0.1, -0.05) is 0 Å². The Morgan fingerprint density at radius 3 is 3.05 bits per heavy atom. The fourth-order valence-electron chi connectivity index (χ4n) is 3.46. The number of nitrogens with one attached hydrogen (secondary N) is 1. The number of fused-ring (bicyclic) bond motifs is 1. The fraction of sp³-hybridized carbons (Fsp3) is 0.667. The molecule has 19 heavy (non-hydrogen) atoms. The van der Waals surface area contributed by atoms with Gasteiger partial charge in [0.15, 0.2) is 0 Å². The highest BCUT2D eigenvalue weighted by Crippen LogP contribution is 2.27. The maximum Gasteiger partial charge on any atom is 0.141 e. The Kier molecular flexibility index (Phi) is 3.80. The molecule has 0 saturated carbocycles. The standard InChI is InChI=1S/C15H22FN3/c1-11(15-5-4-12(16)10-17-15)18-13-6-8-19-7-2-3-14(19)9-13/h4-5,10-11,13-14,18H,2-3,6-9H2,1H3. The minimum Gasteiger partial charge on any atom is -0.306 e. The molecule has 0 radical (unpaired) electrons. The van der Waals surface area contributed by atoms with E-state index in [0.717, 1.165) is 11.7 Å². The molecule has 3 atom stereocenters. The Bertz CT molecular complexity index is 420. The normalized spacial score (nSPS) is 29.2. The first kappa shape index (κ1) is 13.0. The van der Waals surface area contributed by atoms with Crippen molar-refractivity contribution in [1.29, 1.82) is 0 Å². The molecule has 104 valence electrons. The van der Waals surface area contributed by atoms with Crippen molar-refractivity contribution in [3.63, 3.8) is 0 Å². The average molecular weight is 263 g/mol. The summed E-state index contributed by atoms with van der Waals surface area (Å²) < 4.78 is 12.9. The van der Waals surface area contributed by atoms with Gasteiger partial charge in [-0.3, -0.25) is 4.98 Å². The molecule has 2 aliphatic heterocycles. The van der Waals surface area contributed by atoms with Crippen molar-refractivity contribution in [2.75, 3.05) is 13.1 Å². The first-order valence-electron chi connectivity index (χ1n) is 7.34. The highest BCUT2D eigenvalue weighted by atomic mass is 19.1.